The highest BCUT2D eigenvalue weighted by molar-refractivity contribution is 5.96. The molecule has 3 rings (SSSR count). The van der Waals surface area contributed by atoms with Gasteiger partial charge in [0.25, 0.3) is 5.91 Å². The van der Waals surface area contributed by atoms with Crippen LogP contribution in [0.5, 0.6) is 5.75 Å². The summed E-state index contributed by atoms with van der Waals surface area (Å²) in [6, 6.07) is 7.07. The van der Waals surface area contributed by atoms with Gasteiger partial charge in [0.1, 0.15) is 5.75 Å². The summed E-state index contributed by atoms with van der Waals surface area (Å²) in [7, 11) is 0. The van der Waals surface area contributed by atoms with E-state index in [1.165, 1.54) is 0 Å². The molecule has 5 heteroatoms. The Morgan fingerprint density at radius 2 is 2.29 bits per heavy atom. The fraction of sp³-hybridized carbons (Fsp3) is 0.375. The first-order valence-electron chi connectivity index (χ1n) is 7.24. The number of piperidine rings is 1. The molecule has 21 heavy (non-hydrogen) atoms. The van der Waals surface area contributed by atoms with Crippen LogP contribution < -0.4 is 0 Å². The fourth-order valence-electron chi connectivity index (χ4n) is 2.93. The summed E-state index contributed by atoms with van der Waals surface area (Å²) in [5, 5.41) is 16.8. The van der Waals surface area contributed by atoms with Gasteiger partial charge in [-0.3, -0.25) is 9.89 Å². The molecule has 2 heterocycles. The van der Waals surface area contributed by atoms with E-state index in [2.05, 4.69) is 10.2 Å². The van der Waals surface area contributed by atoms with Crippen molar-refractivity contribution >= 4 is 5.91 Å². The molecule has 0 bridgehead atoms. The first-order chi connectivity index (χ1) is 10.2. The van der Waals surface area contributed by atoms with E-state index in [9.17, 15) is 9.90 Å². The van der Waals surface area contributed by atoms with Gasteiger partial charge in [-0.15, -0.1) is 0 Å². The zero-order chi connectivity index (χ0) is 14.8. The minimum atomic E-state index is -0.00684. The highest BCUT2D eigenvalue weighted by atomic mass is 16.3. The standard InChI is InChI=1S/C16H19N3O2/c1-11-13(5-2-6-15(11)20)16(21)19-9-3-4-12(10-19)14-7-8-17-18-14/h2,5-8,12,20H,3-4,9-10H2,1H3,(H,17,18)/t12-/m1/s1. The number of hydrogen-bond donors (Lipinski definition) is 2. The van der Waals surface area contributed by atoms with Gasteiger partial charge in [0.2, 0.25) is 0 Å². The Kier molecular flexibility index (Phi) is 3.64. The van der Waals surface area contributed by atoms with Crippen molar-refractivity contribution in [1.82, 2.24) is 15.1 Å². The van der Waals surface area contributed by atoms with E-state index >= 15 is 0 Å². The molecule has 5 nitrogen and oxygen atoms in total. The van der Waals surface area contributed by atoms with E-state index in [1.54, 1.807) is 31.3 Å². The second-order valence-electron chi connectivity index (χ2n) is 5.55. The second-order valence-corrected chi connectivity index (χ2v) is 5.55. The highest BCUT2D eigenvalue weighted by Gasteiger charge is 2.27. The maximum absolute atomic E-state index is 12.7. The zero-order valence-corrected chi connectivity index (χ0v) is 12.0. The molecule has 1 aromatic carbocycles. The monoisotopic (exact) mass is 285 g/mol. The van der Waals surface area contributed by atoms with Crippen molar-refractivity contribution in [3.05, 3.63) is 47.3 Å². The van der Waals surface area contributed by atoms with Crippen LogP contribution in [0, 0.1) is 6.92 Å². The van der Waals surface area contributed by atoms with Crippen molar-refractivity contribution in [1.29, 1.82) is 0 Å². The van der Waals surface area contributed by atoms with Crippen molar-refractivity contribution < 1.29 is 9.90 Å². The van der Waals surface area contributed by atoms with Gasteiger partial charge < -0.3 is 10.0 Å². The van der Waals surface area contributed by atoms with Crippen LogP contribution in [-0.4, -0.2) is 39.2 Å². The Labute approximate surface area is 123 Å². The number of aromatic hydroxyl groups is 1. The maximum Gasteiger partial charge on any atom is 0.254 e. The van der Waals surface area contributed by atoms with Crippen molar-refractivity contribution in [2.45, 2.75) is 25.7 Å². The predicted molar refractivity (Wildman–Crippen MR) is 79.3 cm³/mol. The number of hydrogen-bond acceptors (Lipinski definition) is 3. The van der Waals surface area contributed by atoms with Gasteiger partial charge in [-0.1, -0.05) is 6.07 Å². The molecule has 110 valence electrons. The van der Waals surface area contributed by atoms with E-state index < -0.39 is 0 Å². The van der Waals surface area contributed by atoms with E-state index in [0.717, 1.165) is 25.1 Å². The number of aromatic nitrogens is 2. The molecular formula is C16H19N3O2. The molecule has 1 atom stereocenters. The fourth-order valence-corrected chi connectivity index (χ4v) is 2.93. The molecule has 0 radical (unpaired) electrons. The smallest absolute Gasteiger partial charge is 0.254 e. The number of rotatable bonds is 2. The van der Waals surface area contributed by atoms with Gasteiger partial charge in [0, 0.05) is 42.0 Å². The minimum absolute atomic E-state index is 0.00684. The minimum Gasteiger partial charge on any atom is -0.508 e. The molecule has 1 aliphatic rings. The van der Waals surface area contributed by atoms with E-state index in [4.69, 9.17) is 0 Å². The number of amides is 1. The molecule has 0 unspecified atom stereocenters. The Hall–Kier alpha value is -2.30. The van der Waals surface area contributed by atoms with Crippen LogP contribution in [-0.2, 0) is 0 Å². The zero-order valence-electron chi connectivity index (χ0n) is 12.0. The van der Waals surface area contributed by atoms with Crippen LogP contribution in [0.25, 0.3) is 0 Å². The van der Waals surface area contributed by atoms with Gasteiger partial charge >= 0.3 is 0 Å². The van der Waals surface area contributed by atoms with Gasteiger partial charge in [-0.25, -0.2) is 0 Å². The Bertz CT molecular complexity index is 637. The van der Waals surface area contributed by atoms with E-state index in [-0.39, 0.29) is 11.7 Å². The molecule has 2 aromatic rings. The first-order valence-corrected chi connectivity index (χ1v) is 7.24. The number of aromatic amines is 1. The lowest BCUT2D eigenvalue weighted by atomic mass is 9.94. The number of nitrogens with one attached hydrogen (secondary N) is 1. The summed E-state index contributed by atoms with van der Waals surface area (Å²) >= 11 is 0. The van der Waals surface area contributed by atoms with Crippen molar-refractivity contribution in [2.24, 2.45) is 0 Å². The third-order valence-electron chi connectivity index (χ3n) is 4.21. The third-order valence-corrected chi connectivity index (χ3v) is 4.21. The largest absolute Gasteiger partial charge is 0.508 e. The van der Waals surface area contributed by atoms with Gasteiger partial charge in [-0.2, -0.15) is 5.10 Å². The van der Waals surface area contributed by atoms with Crippen LogP contribution in [0.2, 0.25) is 0 Å². The third kappa shape index (κ3) is 2.63. The molecular weight excluding hydrogens is 266 g/mol. The number of carbonyl (C=O) groups excluding carboxylic acids is 1. The normalized spacial score (nSPS) is 18.7. The Balaban J connectivity index is 1.80. The lowest BCUT2D eigenvalue weighted by Gasteiger charge is -2.32. The SMILES string of the molecule is Cc1c(O)cccc1C(=O)N1CCC[C@@H](c2ccn[nH]2)C1. The summed E-state index contributed by atoms with van der Waals surface area (Å²) in [5.41, 5.74) is 2.31. The molecule has 1 aliphatic heterocycles. The maximum atomic E-state index is 12.7. The molecule has 1 amide bonds. The summed E-state index contributed by atoms with van der Waals surface area (Å²) in [6.07, 6.45) is 3.79. The van der Waals surface area contributed by atoms with Crippen LogP contribution >= 0.6 is 0 Å². The summed E-state index contributed by atoms with van der Waals surface area (Å²) in [4.78, 5) is 14.5. The molecule has 1 aromatic heterocycles. The van der Waals surface area contributed by atoms with Gasteiger partial charge in [0.05, 0.1) is 0 Å². The average molecular weight is 285 g/mol. The number of likely N-dealkylation sites (tertiary alicyclic amines) is 1. The van der Waals surface area contributed by atoms with Gasteiger partial charge in [-0.05, 0) is 38.0 Å². The molecule has 2 N–H and O–H groups in total. The van der Waals surface area contributed by atoms with E-state index in [0.29, 0.717) is 23.6 Å². The lowest BCUT2D eigenvalue weighted by Crippen LogP contribution is -2.39. The van der Waals surface area contributed by atoms with Crippen LogP contribution in [0.3, 0.4) is 0 Å². The Morgan fingerprint density at radius 3 is 3.05 bits per heavy atom. The number of phenolic OH excluding ortho intramolecular Hbond substituents is 1. The first kappa shape index (κ1) is 13.7. The molecule has 1 fully saturated rings. The quantitative estimate of drug-likeness (QED) is 0.890. The number of carbonyl (C=O) groups is 1. The number of phenols is 1. The summed E-state index contributed by atoms with van der Waals surface area (Å²) in [6.45, 7) is 3.23. The molecule has 1 saturated heterocycles. The summed E-state index contributed by atoms with van der Waals surface area (Å²) < 4.78 is 0. The summed E-state index contributed by atoms with van der Waals surface area (Å²) in [5.74, 6) is 0.471. The molecule has 0 aliphatic carbocycles. The molecule has 0 saturated carbocycles. The second kappa shape index (κ2) is 5.60. The van der Waals surface area contributed by atoms with Crippen molar-refractivity contribution in [3.63, 3.8) is 0 Å². The van der Waals surface area contributed by atoms with E-state index in [1.807, 2.05) is 11.0 Å². The molecule has 0 spiro atoms. The highest BCUT2D eigenvalue weighted by Crippen LogP contribution is 2.28. The number of benzene rings is 1. The predicted octanol–water partition coefficient (Wildman–Crippen LogP) is 2.44. The van der Waals surface area contributed by atoms with Crippen LogP contribution in [0.1, 0.15) is 40.4 Å². The van der Waals surface area contributed by atoms with Crippen LogP contribution in [0.15, 0.2) is 30.5 Å². The topological polar surface area (TPSA) is 69.2 Å². The van der Waals surface area contributed by atoms with Gasteiger partial charge in [0.15, 0.2) is 0 Å². The Morgan fingerprint density at radius 1 is 1.43 bits per heavy atom. The van der Waals surface area contributed by atoms with Crippen molar-refractivity contribution in [2.75, 3.05) is 13.1 Å². The average Bonchev–Trinajstić information content (AvgIpc) is 3.04. The van der Waals surface area contributed by atoms with Crippen molar-refractivity contribution in [3.8, 4) is 5.75 Å². The number of H-pyrrole nitrogens is 1. The van der Waals surface area contributed by atoms with Crippen LogP contribution in [0.4, 0.5) is 0 Å². The number of nitrogens with zero attached hydrogens (tertiary/aromatic N) is 2. The lowest BCUT2D eigenvalue weighted by molar-refractivity contribution is 0.0704.